The first-order valence-electron chi connectivity index (χ1n) is 8.28. The van der Waals surface area contributed by atoms with Crippen LogP contribution in [0.3, 0.4) is 0 Å². The van der Waals surface area contributed by atoms with E-state index in [1.807, 2.05) is 0 Å². The zero-order valence-electron chi connectivity index (χ0n) is 15.1. The normalized spacial score (nSPS) is 15.0. The number of hydrogen-bond donors (Lipinski definition) is 8. The molecule has 0 aliphatic carbocycles. The third kappa shape index (κ3) is 6.94. The number of nitrogens with zero attached hydrogens (tertiary/aromatic N) is 1. The lowest BCUT2D eigenvalue weighted by molar-refractivity contribution is -0.143. The van der Waals surface area contributed by atoms with Gasteiger partial charge < -0.3 is 42.0 Å². The zero-order chi connectivity index (χ0) is 21.3. The fourth-order valence-corrected chi connectivity index (χ4v) is 2.18. The van der Waals surface area contributed by atoms with Crippen LogP contribution in [0.5, 0.6) is 0 Å². The Balaban J connectivity index is 2.97. The number of carboxylic acid groups (broad SMARTS) is 1. The average molecular weight is 400 g/mol. The number of aliphatic carboxylic acids is 1. The van der Waals surface area contributed by atoms with E-state index in [4.69, 9.17) is 15.9 Å². The summed E-state index contributed by atoms with van der Waals surface area (Å²) in [6.07, 6.45) is 1.36. The highest BCUT2D eigenvalue weighted by Crippen LogP contribution is 2.02. The number of carbonyl (C=O) groups is 4. The Morgan fingerprint density at radius 1 is 1.18 bits per heavy atom. The Hall–Kier alpha value is -3.03. The van der Waals surface area contributed by atoms with Gasteiger partial charge in [0.1, 0.15) is 18.1 Å². The van der Waals surface area contributed by atoms with Crippen LogP contribution >= 0.6 is 0 Å². The van der Waals surface area contributed by atoms with Gasteiger partial charge in [0.15, 0.2) is 0 Å². The molecule has 0 radical (unpaired) electrons. The number of imidazole rings is 1. The number of rotatable bonds is 11. The minimum atomic E-state index is -1.57. The lowest BCUT2D eigenvalue weighted by atomic mass is 10.1. The van der Waals surface area contributed by atoms with Crippen molar-refractivity contribution >= 4 is 23.7 Å². The van der Waals surface area contributed by atoms with E-state index in [0.29, 0.717) is 5.69 Å². The minimum Gasteiger partial charge on any atom is -0.480 e. The summed E-state index contributed by atoms with van der Waals surface area (Å²) in [6, 6.07) is -4.24. The van der Waals surface area contributed by atoms with E-state index < -0.39 is 61.1 Å². The summed E-state index contributed by atoms with van der Waals surface area (Å²) in [5.41, 5.74) is 5.63. The highest BCUT2D eigenvalue weighted by Gasteiger charge is 2.31. The highest BCUT2D eigenvalue weighted by atomic mass is 16.4. The molecule has 1 aromatic heterocycles. The number of carbonyl (C=O) groups excluding carboxylic acids is 3. The summed E-state index contributed by atoms with van der Waals surface area (Å²) in [5.74, 6) is -3.92. The van der Waals surface area contributed by atoms with Gasteiger partial charge in [-0.15, -0.1) is 0 Å². The molecule has 1 aromatic rings. The number of hydrogen-bond acceptors (Lipinski definition) is 8. The predicted molar refractivity (Wildman–Crippen MR) is 93.5 cm³/mol. The van der Waals surface area contributed by atoms with Crippen molar-refractivity contribution in [3.8, 4) is 0 Å². The molecular formula is C15H24N6O7. The van der Waals surface area contributed by atoms with Crippen LogP contribution in [0, 0.1) is 0 Å². The summed E-state index contributed by atoms with van der Waals surface area (Å²) in [5, 5.41) is 34.4. The van der Waals surface area contributed by atoms with Crippen LogP contribution in [-0.2, 0) is 25.6 Å². The number of aromatic amines is 1. The Morgan fingerprint density at radius 3 is 2.29 bits per heavy atom. The number of aliphatic hydroxyl groups excluding tert-OH is 2. The summed E-state index contributed by atoms with van der Waals surface area (Å²) < 4.78 is 0. The maximum Gasteiger partial charge on any atom is 0.328 e. The van der Waals surface area contributed by atoms with Crippen molar-refractivity contribution < 1.29 is 34.5 Å². The molecular weight excluding hydrogens is 376 g/mol. The predicted octanol–water partition coefficient (Wildman–Crippen LogP) is -4.18. The van der Waals surface area contributed by atoms with Gasteiger partial charge in [-0.1, -0.05) is 0 Å². The molecule has 0 saturated heterocycles. The van der Waals surface area contributed by atoms with Gasteiger partial charge in [-0.2, -0.15) is 0 Å². The molecule has 1 rings (SSSR count). The third-order valence-electron chi connectivity index (χ3n) is 3.68. The quantitative estimate of drug-likeness (QED) is 0.180. The maximum atomic E-state index is 12.5. The number of nitrogens with two attached hydrogens (primary N) is 1. The van der Waals surface area contributed by atoms with E-state index in [-0.39, 0.29) is 6.42 Å². The Morgan fingerprint density at radius 2 is 1.82 bits per heavy atom. The SMILES string of the molecule is CC(O)C(NC(=O)CN)C(=O)NC(Cc1cnc[nH]1)C(=O)NC(CO)C(=O)O. The zero-order valence-corrected chi connectivity index (χ0v) is 15.1. The van der Waals surface area contributed by atoms with Gasteiger partial charge in [0.25, 0.3) is 0 Å². The van der Waals surface area contributed by atoms with Crippen molar-refractivity contribution in [3.05, 3.63) is 18.2 Å². The summed E-state index contributed by atoms with van der Waals surface area (Å²) >= 11 is 0. The van der Waals surface area contributed by atoms with Crippen molar-refractivity contribution in [1.29, 1.82) is 0 Å². The second kappa shape index (κ2) is 11.0. The van der Waals surface area contributed by atoms with Gasteiger partial charge in [0.2, 0.25) is 17.7 Å². The first kappa shape index (κ1) is 23.0. The lowest BCUT2D eigenvalue weighted by Gasteiger charge is -2.25. The van der Waals surface area contributed by atoms with Crippen LogP contribution in [0.25, 0.3) is 0 Å². The van der Waals surface area contributed by atoms with Crippen molar-refractivity contribution in [2.75, 3.05) is 13.2 Å². The molecule has 28 heavy (non-hydrogen) atoms. The molecule has 0 saturated carbocycles. The van der Waals surface area contributed by atoms with E-state index in [9.17, 15) is 24.3 Å². The summed E-state index contributed by atoms with van der Waals surface area (Å²) in [6.45, 7) is -0.00274. The minimum absolute atomic E-state index is 0.0906. The van der Waals surface area contributed by atoms with Gasteiger partial charge in [-0.05, 0) is 6.92 Å². The second-order valence-corrected chi connectivity index (χ2v) is 5.91. The number of nitrogens with one attached hydrogen (secondary N) is 4. The van der Waals surface area contributed by atoms with E-state index in [1.54, 1.807) is 0 Å². The molecule has 4 unspecified atom stereocenters. The molecule has 0 aromatic carbocycles. The second-order valence-electron chi connectivity index (χ2n) is 5.91. The van der Waals surface area contributed by atoms with Crippen LogP contribution in [-0.4, -0.2) is 86.4 Å². The van der Waals surface area contributed by atoms with E-state index in [1.165, 1.54) is 19.4 Å². The number of H-pyrrole nitrogens is 1. The highest BCUT2D eigenvalue weighted by molar-refractivity contribution is 5.94. The first-order chi connectivity index (χ1) is 13.2. The Kier molecular flexibility index (Phi) is 9.01. The molecule has 13 heteroatoms. The van der Waals surface area contributed by atoms with Crippen molar-refractivity contribution in [2.45, 2.75) is 37.6 Å². The van der Waals surface area contributed by atoms with Crippen LogP contribution in [0.2, 0.25) is 0 Å². The molecule has 9 N–H and O–H groups in total. The van der Waals surface area contributed by atoms with E-state index in [2.05, 4.69) is 25.9 Å². The standard InChI is InChI=1S/C15H24N6O7/c1-7(23)12(21-11(24)3-16)14(26)19-9(2-8-4-17-6-18-8)13(25)20-10(5-22)15(27)28/h4,6-7,9-10,12,22-23H,2-3,5,16H2,1H3,(H,17,18)(H,19,26)(H,20,25)(H,21,24)(H,27,28). The monoisotopic (exact) mass is 400 g/mol. The number of amides is 3. The first-order valence-corrected chi connectivity index (χ1v) is 8.28. The third-order valence-corrected chi connectivity index (χ3v) is 3.68. The smallest absolute Gasteiger partial charge is 0.328 e. The van der Waals surface area contributed by atoms with Crippen LogP contribution in [0.15, 0.2) is 12.5 Å². The van der Waals surface area contributed by atoms with Gasteiger partial charge >= 0.3 is 5.97 Å². The largest absolute Gasteiger partial charge is 0.480 e. The van der Waals surface area contributed by atoms with Gasteiger partial charge in [-0.25, -0.2) is 9.78 Å². The van der Waals surface area contributed by atoms with E-state index in [0.717, 1.165) is 0 Å². The molecule has 13 nitrogen and oxygen atoms in total. The molecule has 0 spiro atoms. The number of carboxylic acids is 1. The topological polar surface area (TPSA) is 220 Å². The van der Waals surface area contributed by atoms with Crippen molar-refractivity contribution in [3.63, 3.8) is 0 Å². The average Bonchev–Trinajstić information content (AvgIpc) is 3.15. The summed E-state index contributed by atoms with van der Waals surface area (Å²) in [7, 11) is 0. The number of aromatic nitrogens is 2. The Bertz CT molecular complexity index is 678. The molecule has 1 heterocycles. The molecule has 156 valence electrons. The molecule has 0 fully saturated rings. The van der Waals surface area contributed by atoms with Gasteiger partial charge in [0, 0.05) is 18.3 Å². The molecule has 0 aliphatic rings. The fraction of sp³-hybridized carbons (Fsp3) is 0.533. The Labute approximate surface area is 159 Å². The van der Waals surface area contributed by atoms with Gasteiger partial charge in [-0.3, -0.25) is 14.4 Å². The molecule has 4 atom stereocenters. The van der Waals surface area contributed by atoms with E-state index >= 15 is 0 Å². The van der Waals surface area contributed by atoms with Crippen LogP contribution in [0.1, 0.15) is 12.6 Å². The number of aliphatic hydroxyl groups is 2. The van der Waals surface area contributed by atoms with Crippen LogP contribution < -0.4 is 21.7 Å². The van der Waals surface area contributed by atoms with Crippen molar-refractivity contribution in [2.24, 2.45) is 5.73 Å². The molecule has 0 bridgehead atoms. The fourth-order valence-electron chi connectivity index (χ4n) is 2.18. The van der Waals surface area contributed by atoms with Gasteiger partial charge in [0.05, 0.1) is 25.6 Å². The molecule has 0 aliphatic heterocycles. The lowest BCUT2D eigenvalue weighted by Crippen LogP contribution is -2.59. The summed E-state index contributed by atoms with van der Waals surface area (Å²) in [4.78, 5) is 53.9. The maximum absolute atomic E-state index is 12.5. The van der Waals surface area contributed by atoms with Crippen LogP contribution in [0.4, 0.5) is 0 Å². The molecule has 3 amide bonds. The van der Waals surface area contributed by atoms with Crippen molar-refractivity contribution in [1.82, 2.24) is 25.9 Å².